The molecule has 0 saturated carbocycles. The number of amides is 1. The van der Waals surface area contributed by atoms with Gasteiger partial charge in [0.25, 0.3) is 0 Å². The van der Waals surface area contributed by atoms with Gasteiger partial charge in [-0.25, -0.2) is 0 Å². The van der Waals surface area contributed by atoms with Gasteiger partial charge in [0.1, 0.15) is 10.7 Å². The Hall–Kier alpha value is -3.64. The summed E-state index contributed by atoms with van der Waals surface area (Å²) in [5, 5.41) is 7.40. The van der Waals surface area contributed by atoms with Crippen molar-refractivity contribution in [3.8, 4) is 5.75 Å². The lowest BCUT2D eigenvalue weighted by Crippen LogP contribution is -2.28. The van der Waals surface area contributed by atoms with Gasteiger partial charge in [0.2, 0.25) is 5.91 Å². The topological polar surface area (TPSA) is 66.2 Å². The summed E-state index contributed by atoms with van der Waals surface area (Å²) in [6.07, 6.45) is 2.08. The number of hydrogen-bond donors (Lipinski definition) is 3. The van der Waals surface area contributed by atoms with Gasteiger partial charge in [-0.3, -0.25) is 4.79 Å². The number of aromatic nitrogens is 1. The first-order valence-electron chi connectivity index (χ1n) is 10.4. The number of fused-ring (bicyclic) bond motifs is 1. The number of ether oxygens (including phenoxy) is 1. The van der Waals surface area contributed by atoms with Gasteiger partial charge in [-0.15, -0.1) is 0 Å². The van der Waals surface area contributed by atoms with Crippen molar-refractivity contribution in [1.82, 2.24) is 10.3 Å². The lowest BCUT2D eigenvalue weighted by Gasteiger charge is -2.20. The van der Waals surface area contributed by atoms with Gasteiger partial charge in [-0.2, -0.15) is 0 Å². The van der Waals surface area contributed by atoms with E-state index in [0.717, 1.165) is 22.5 Å². The van der Waals surface area contributed by atoms with E-state index in [1.807, 2.05) is 42.5 Å². The molecule has 1 heterocycles. The molecule has 0 aliphatic rings. The van der Waals surface area contributed by atoms with Crippen LogP contribution in [0, 0.1) is 0 Å². The number of aromatic amines is 1. The molecule has 162 valence electrons. The van der Waals surface area contributed by atoms with Crippen molar-refractivity contribution in [3.63, 3.8) is 0 Å². The van der Waals surface area contributed by atoms with E-state index in [2.05, 4.69) is 52.1 Å². The number of anilines is 1. The van der Waals surface area contributed by atoms with Crippen LogP contribution in [0.3, 0.4) is 0 Å². The number of benzene rings is 3. The summed E-state index contributed by atoms with van der Waals surface area (Å²) in [5.41, 5.74) is 5.14. The van der Waals surface area contributed by atoms with Gasteiger partial charge in [-0.05, 0) is 53.6 Å². The second-order valence-electron chi connectivity index (χ2n) is 7.58. The predicted molar refractivity (Wildman–Crippen MR) is 134 cm³/mol. The lowest BCUT2D eigenvalue weighted by atomic mass is 9.90. The zero-order valence-electron chi connectivity index (χ0n) is 18.0. The fourth-order valence-corrected chi connectivity index (χ4v) is 4.05. The predicted octanol–water partition coefficient (Wildman–Crippen LogP) is 5.23. The highest BCUT2D eigenvalue weighted by Crippen LogP contribution is 2.31. The standard InChI is InChI=1S/C26H25N3O2S/c1-17(30)29-20-11-7-19(8-12-20)26(32)28-15-23(18-9-13-21(31-2)14-10-18)24-16-27-25-6-4-3-5-22(24)25/h3-14,16,23,27H,15H2,1-2H3,(H,28,32)(H,29,30)/t23-/m0/s1. The quantitative estimate of drug-likeness (QED) is 0.342. The minimum absolute atomic E-state index is 0.0914. The summed E-state index contributed by atoms with van der Waals surface area (Å²) in [5.74, 6) is 0.822. The zero-order valence-corrected chi connectivity index (χ0v) is 18.8. The Morgan fingerprint density at radius 1 is 1.03 bits per heavy atom. The maximum Gasteiger partial charge on any atom is 0.221 e. The molecule has 0 bridgehead atoms. The van der Waals surface area contributed by atoms with Crippen LogP contribution in [0.25, 0.3) is 10.9 Å². The van der Waals surface area contributed by atoms with Crippen molar-refractivity contribution in [3.05, 3.63) is 95.7 Å². The third-order valence-corrected chi connectivity index (χ3v) is 5.83. The van der Waals surface area contributed by atoms with Gasteiger partial charge in [-0.1, -0.05) is 42.5 Å². The largest absolute Gasteiger partial charge is 0.497 e. The molecule has 3 aromatic carbocycles. The Morgan fingerprint density at radius 2 is 1.75 bits per heavy atom. The van der Waals surface area contributed by atoms with Gasteiger partial charge < -0.3 is 20.4 Å². The number of carbonyl (C=O) groups is 1. The number of hydrogen-bond acceptors (Lipinski definition) is 3. The Bertz CT molecular complexity index is 1230. The van der Waals surface area contributed by atoms with Crippen molar-refractivity contribution >= 4 is 39.7 Å². The Kier molecular flexibility index (Phi) is 6.52. The van der Waals surface area contributed by atoms with Crippen LogP contribution >= 0.6 is 12.2 Å². The second kappa shape index (κ2) is 9.66. The molecule has 32 heavy (non-hydrogen) atoms. The van der Waals surface area contributed by atoms with Crippen LogP contribution in [0.15, 0.2) is 79.0 Å². The summed E-state index contributed by atoms with van der Waals surface area (Å²) < 4.78 is 5.33. The first-order valence-corrected chi connectivity index (χ1v) is 10.8. The average molecular weight is 444 g/mol. The van der Waals surface area contributed by atoms with Crippen molar-refractivity contribution in [2.45, 2.75) is 12.8 Å². The van der Waals surface area contributed by atoms with Gasteiger partial charge >= 0.3 is 0 Å². The SMILES string of the molecule is COc1ccc([C@H](CNC(=S)c2ccc(NC(C)=O)cc2)c2c[nH]c3ccccc23)cc1. The fraction of sp³-hybridized carbons (Fsp3) is 0.154. The third kappa shape index (κ3) is 4.81. The van der Waals surface area contributed by atoms with Crippen molar-refractivity contribution in [2.75, 3.05) is 19.0 Å². The smallest absolute Gasteiger partial charge is 0.221 e. The summed E-state index contributed by atoms with van der Waals surface area (Å²) in [4.78, 5) is 15.3. The highest BCUT2D eigenvalue weighted by atomic mass is 32.1. The van der Waals surface area contributed by atoms with Crippen LogP contribution in [0.1, 0.15) is 29.5 Å². The minimum atomic E-state index is -0.0977. The summed E-state index contributed by atoms with van der Waals surface area (Å²) >= 11 is 5.66. The molecule has 0 unspecified atom stereocenters. The van der Waals surface area contributed by atoms with Crippen LogP contribution < -0.4 is 15.4 Å². The number of nitrogens with one attached hydrogen (secondary N) is 3. The number of methoxy groups -OCH3 is 1. The number of thiocarbonyl (C=S) groups is 1. The van der Waals surface area contributed by atoms with E-state index >= 15 is 0 Å². The molecule has 4 aromatic rings. The van der Waals surface area contributed by atoms with Gasteiger partial charge in [0, 0.05) is 47.7 Å². The molecule has 0 saturated heterocycles. The van der Waals surface area contributed by atoms with E-state index in [1.165, 1.54) is 23.4 Å². The van der Waals surface area contributed by atoms with Crippen LogP contribution in [0.5, 0.6) is 5.75 Å². The molecular formula is C26H25N3O2S. The summed E-state index contributed by atoms with van der Waals surface area (Å²) in [7, 11) is 1.67. The molecule has 0 aliphatic carbocycles. The molecule has 0 radical (unpaired) electrons. The van der Waals surface area contributed by atoms with Crippen LogP contribution in [-0.4, -0.2) is 29.5 Å². The number of H-pyrrole nitrogens is 1. The molecule has 3 N–H and O–H groups in total. The molecular weight excluding hydrogens is 418 g/mol. The van der Waals surface area contributed by atoms with Crippen molar-refractivity contribution in [2.24, 2.45) is 0 Å². The number of para-hydroxylation sites is 1. The highest BCUT2D eigenvalue weighted by molar-refractivity contribution is 7.80. The van der Waals surface area contributed by atoms with Crippen LogP contribution in [-0.2, 0) is 4.79 Å². The minimum Gasteiger partial charge on any atom is -0.497 e. The zero-order chi connectivity index (χ0) is 22.5. The molecule has 0 spiro atoms. The fourth-order valence-electron chi connectivity index (χ4n) is 3.83. The van der Waals surface area contributed by atoms with Crippen LogP contribution in [0.4, 0.5) is 5.69 Å². The van der Waals surface area contributed by atoms with E-state index in [0.29, 0.717) is 11.5 Å². The second-order valence-corrected chi connectivity index (χ2v) is 7.99. The van der Waals surface area contributed by atoms with Gasteiger partial charge in [0.15, 0.2) is 0 Å². The molecule has 1 amide bonds. The van der Waals surface area contributed by atoms with Crippen LogP contribution in [0.2, 0.25) is 0 Å². The Balaban J connectivity index is 1.57. The molecule has 0 aliphatic heterocycles. The molecule has 5 nitrogen and oxygen atoms in total. The monoisotopic (exact) mass is 443 g/mol. The maximum absolute atomic E-state index is 11.2. The molecule has 6 heteroatoms. The van der Waals surface area contributed by atoms with E-state index in [1.54, 1.807) is 7.11 Å². The Morgan fingerprint density at radius 3 is 2.44 bits per heavy atom. The first kappa shape index (κ1) is 21.6. The van der Waals surface area contributed by atoms with Gasteiger partial charge in [0.05, 0.1) is 7.11 Å². The highest BCUT2D eigenvalue weighted by Gasteiger charge is 2.19. The van der Waals surface area contributed by atoms with Crippen molar-refractivity contribution < 1.29 is 9.53 Å². The first-order chi connectivity index (χ1) is 15.5. The summed E-state index contributed by atoms with van der Waals surface area (Å²) in [6.45, 7) is 2.13. The third-order valence-electron chi connectivity index (χ3n) is 5.45. The molecule has 1 atom stereocenters. The maximum atomic E-state index is 11.2. The molecule has 4 rings (SSSR count). The van der Waals surface area contributed by atoms with E-state index in [4.69, 9.17) is 17.0 Å². The summed E-state index contributed by atoms with van der Waals surface area (Å²) in [6, 6.07) is 24.0. The van der Waals surface area contributed by atoms with E-state index < -0.39 is 0 Å². The molecule has 0 fully saturated rings. The number of carbonyl (C=O) groups excluding carboxylic acids is 1. The van der Waals surface area contributed by atoms with E-state index in [9.17, 15) is 4.79 Å². The lowest BCUT2D eigenvalue weighted by molar-refractivity contribution is -0.114. The molecule has 1 aromatic heterocycles. The Labute approximate surface area is 192 Å². The number of rotatable bonds is 7. The van der Waals surface area contributed by atoms with E-state index in [-0.39, 0.29) is 11.8 Å². The average Bonchev–Trinajstić information content (AvgIpc) is 3.23. The normalized spacial score (nSPS) is 11.7. The van der Waals surface area contributed by atoms with Crippen molar-refractivity contribution in [1.29, 1.82) is 0 Å².